The summed E-state index contributed by atoms with van der Waals surface area (Å²) in [5.41, 5.74) is 2.73. The maximum absolute atomic E-state index is 13.1. The summed E-state index contributed by atoms with van der Waals surface area (Å²) in [5, 5.41) is 4.11. The second-order valence-electron chi connectivity index (χ2n) is 6.43. The van der Waals surface area contributed by atoms with Crippen LogP contribution in [0.25, 0.3) is 11.0 Å². The lowest BCUT2D eigenvalue weighted by Crippen LogP contribution is -2.22. The van der Waals surface area contributed by atoms with Crippen molar-refractivity contribution in [3.63, 3.8) is 0 Å². The van der Waals surface area contributed by atoms with Gasteiger partial charge in [-0.25, -0.2) is 8.42 Å². The van der Waals surface area contributed by atoms with Crippen molar-refractivity contribution in [3.8, 4) is 5.75 Å². The maximum atomic E-state index is 13.1. The number of hydrogen-bond acceptors (Lipinski definition) is 5. The van der Waals surface area contributed by atoms with Gasteiger partial charge in [0.2, 0.25) is 9.84 Å². The van der Waals surface area contributed by atoms with Crippen LogP contribution in [0.3, 0.4) is 0 Å². The Labute approximate surface area is 152 Å². The average Bonchev–Trinajstić information content (AvgIpc) is 3.06. The third kappa shape index (κ3) is 2.70. The molecule has 0 fully saturated rings. The molecule has 0 spiro atoms. The molecule has 4 rings (SSSR count). The fourth-order valence-corrected chi connectivity index (χ4v) is 4.70. The van der Waals surface area contributed by atoms with Crippen LogP contribution in [0, 0.1) is 0 Å². The van der Waals surface area contributed by atoms with Gasteiger partial charge in [-0.05, 0) is 30.2 Å². The van der Waals surface area contributed by atoms with Crippen LogP contribution in [0.15, 0.2) is 50.6 Å². The topological polar surface area (TPSA) is 68.5 Å². The van der Waals surface area contributed by atoms with Crippen LogP contribution in [0.4, 0.5) is 0 Å². The van der Waals surface area contributed by atoms with Crippen molar-refractivity contribution in [2.45, 2.75) is 36.1 Å². The lowest BCUT2D eigenvalue weighted by molar-refractivity contribution is 0.404. The molecular weight excluding hydrogens is 350 g/mol. The average molecular weight is 371 g/mol. The number of sulfone groups is 1. The first kappa shape index (κ1) is 17.1. The van der Waals surface area contributed by atoms with Crippen molar-refractivity contribution in [1.29, 1.82) is 0 Å². The summed E-state index contributed by atoms with van der Waals surface area (Å²) in [5.74, 6) is 1.35. The van der Waals surface area contributed by atoms with Crippen molar-refractivity contribution < 1.29 is 17.6 Å². The molecule has 0 aliphatic carbocycles. The van der Waals surface area contributed by atoms with Gasteiger partial charge in [0.1, 0.15) is 5.76 Å². The summed E-state index contributed by atoms with van der Waals surface area (Å²) in [6, 6.07) is 10.3. The van der Waals surface area contributed by atoms with Crippen LogP contribution >= 0.6 is 0 Å². The number of furan rings is 1. The maximum Gasteiger partial charge on any atom is 0.206 e. The molecule has 2 aromatic carbocycles. The SMILES string of the molecule is CCc1ccc(S(=O)(=O)c2cc(OC)c3oc4c(c3c2)CNCC4)cc1. The van der Waals surface area contributed by atoms with Gasteiger partial charge in [-0.1, -0.05) is 19.1 Å². The van der Waals surface area contributed by atoms with E-state index in [2.05, 4.69) is 5.32 Å². The van der Waals surface area contributed by atoms with E-state index in [1.54, 1.807) is 24.3 Å². The van der Waals surface area contributed by atoms with Crippen LogP contribution in [0.1, 0.15) is 23.8 Å². The molecule has 0 amide bonds. The quantitative estimate of drug-likeness (QED) is 0.760. The van der Waals surface area contributed by atoms with Crippen LogP contribution in [-0.2, 0) is 29.2 Å². The fourth-order valence-electron chi connectivity index (χ4n) is 3.40. The van der Waals surface area contributed by atoms with Crippen molar-refractivity contribution in [2.24, 2.45) is 0 Å². The van der Waals surface area contributed by atoms with E-state index in [9.17, 15) is 8.42 Å². The molecule has 0 bridgehead atoms. The Morgan fingerprint density at radius 2 is 1.92 bits per heavy atom. The first-order chi connectivity index (χ1) is 12.5. The molecule has 5 nitrogen and oxygen atoms in total. The van der Waals surface area contributed by atoms with Crippen molar-refractivity contribution in [3.05, 3.63) is 53.3 Å². The minimum atomic E-state index is -3.63. The van der Waals surface area contributed by atoms with Gasteiger partial charge in [-0.3, -0.25) is 0 Å². The van der Waals surface area contributed by atoms with Crippen LogP contribution < -0.4 is 10.1 Å². The monoisotopic (exact) mass is 371 g/mol. The summed E-state index contributed by atoms with van der Waals surface area (Å²) >= 11 is 0. The van der Waals surface area contributed by atoms with E-state index < -0.39 is 9.84 Å². The molecule has 6 heteroatoms. The number of ether oxygens (including phenoxy) is 1. The molecule has 26 heavy (non-hydrogen) atoms. The largest absolute Gasteiger partial charge is 0.493 e. The van der Waals surface area contributed by atoms with Gasteiger partial charge in [-0.15, -0.1) is 0 Å². The van der Waals surface area contributed by atoms with E-state index in [0.717, 1.165) is 41.7 Å². The molecule has 0 atom stereocenters. The predicted molar refractivity (Wildman–Crippen MR) is 99.4 cm³/mol. The lowest BCUT2D eigenvalue weighted by atomic mass is 10.1. The molecule has 0 unspecified atom stereocenters. The molecular formula is C20H21NO4S. The highest BCUT2D eigenvalue weighted by atomic mass is 32.2. The molecule has 136 valence electrons. The lowest BCUT2D eigenvalue weighted by Gasteiger charge is -2.11. The van der Waals surface area contributed by atoms with Gasteiger partial charge in [0.05, 0.1) is 16.9 Å². The Bertz CT molecular complexity index is 1070. The van der Waals surface area contributed by atoms with E-state index in [0.29, 0.717) is 17.9 Å². The minimum absolute atomic E-state index is 0.222. The normalized spacial score (nSPS) is 14.4. The summed E-state index contributed by atoms with van der Waals surface area (Å²) < 4.78 is 37.7. The number of methoxy groups -OCH3 is 1. The van der Waals surface area contributed by atoms with Gasteiger partial charge in [0.15, 0.2) is 11.3 Å². The number of benzene rings is 2. The number of nitrogens with one attached hydrogen (secondary N) is 1. The van der Waals surface area contributed by atoms with Crippen LogP contribution in [0.2, 0.25) is 0 Å². The number of rotatable bonds is 4. The van der Waals surface area contributed by atoms with Gasteiger partial charge < -0.3 is 14.5 Å². The Morgan fingerprint density at radius 1 is 1.15 bits per heavy atom. The third-order valence-electron chi connectivity index (χ3n) is 4.92. The van der Waals surface area contributed by atoms with Crippen molar-refractivity contribution in [2.75, 3.05) is 13.7 Å². The highest BCUT2D eigenvalue weighted by molar-refractivity contribution is 7.91. The third-order valence-corrected chi connectivity index (χ3v) is 6.67. The van der Waals surface area contributed by atoms with Crippen molar-refractivity contribution >= 4 is 20.8 Å². The Morgan fingerprint density at radius 3 is 2.62 bits per heavy atom. The molecule has 0 saturated heterocycles. The predicted octanol–water partition coefficient (Wildman–Crippen LogP) is 3.48. The Hall–Kier alpha value is -2.31. The molecule has 0 saturated carbocycles. The molecule has 2 heterocycles. The van der Waals surface area contributed by atoms with Gasteiger partial charge in [0, 0.05) is 36.5 Å². The fraction of sp³-hybridized carbons (Fsp3) is 0.300. The van der Waals surface area contributed by atoms with Gasteiger partial charge >= 0.3 is 0 Å². The highest BCUT2D eigenvalue weighted by Gasteiger charge is 2.25. The minimum Gasteiger partial charge on any atom is -0.493 e. The zero-order valence-corrected chi connectivity index (χ0v) is 15.7. The summed E-state index contributed by atoms with van der Waals surface area (Å²) in [7, 11) is -2.11. The number of fused-ring (bicyclic) bond motifs is 3. The first-order valence-electron chi connectivity index (χ1n) is 8.71. The van der Waals surface area contributed by atoms with Crippen molar-refractivity contribution in [1.82, 2.24) is 5.32 Å². The summed E-state index contributed by atoms with van der Waals surface area (Å²) in [6.07, 6.45) is 1.65. The second kappa shape index (κ2) is 6.45. The first-order valence-corrected chi connectivity index (χ1v) is 10.2. The summed E-state index contributed by atoms with van der Waals surface area (Å²) in [4.78, 5) is 0.506. The van der Waals surface area contributed by atoms with E-state index >= 15 is 0 Å². The van der Waals surface area contributed by atoms with E-state index in [1.165, 1.54) is 7.11 Å². The van der Waals surface area contributed by atoms with Gasteiger partial charge in [0.25, 0.3) is 0 Å². The zero-order chi connectivity index (χ0) is 18.3. The van der Waals surface area contributed by atoms with E-state index in [-0.39, 0.29) is 9.79 Å². The second-order valence-corrected chi connectivity index (χ2v) is 8.38. The zero-order valence-electron chi connectivity index (χ0n) is 14.8. The van der Waals surface area contributed by atoms with E-state index in [4.69, 9.17) is 9.15 Å². The van der Waals surface area contributed by atoms with Gasteiger partial charge in [-0.2, -0.15) is 0 Å². The number of hydrogen-bond donors (Lipinski definition) is 1. The van der Waals surface area contributed by atoms with E-state index in [1.807, 2.05) is 19.1 Å². The molecule has 1 aliphatic rings. The highest BCUT2D eigenvalue weighted by Crippen LogP contribution is 2.37. The smallest absolute Gasteiger partial charge is 0.206 e. The summed E-state index contributed by atoms with van der Waals surface area (Å²) in [6.45, 7) is 3.56. The Balaban J connectivity index is 1.90. The molecule has 1 aliphatic heterocycles. The Kier molecular flexibility index (Phi) is 4.25. The molecule has 1 N–H and O–H groups in total. The number of aryl methyl sites for hydroxylation is 1. The van der Waals surface area contributed by atoms with Crippen LogP contribution in [0.5, 0.6) is 5.75 Å². The standard InChI is InChI=1S/C20H21NO4S/c1-3-13-4-6-14(7-5-13)26(22,23)15-10-16-17-12-21-9-8-18(17)25-20(16)19(11-15)24-2/h4-7,10-11,21H,3,8-9,12H2,1-2H3. The molecule has 3 aromatic rings. The molecule has 0 radical (unpaired) electrons. The van der Waals surface area contributed by atoms with Crippen LogP contribution in [-0.4, -0.2) is 22.1 Å². The molecule has 1 aromatic heterocycles.